The summed E-state index contributed by atoms with van der Waals surface area (Å²) in [6.07, 6.45) is 0. The summed E-state index contributed by atoms with van der Waals surface area (Å²) in [7, 11) is -3.60. The van der Waals surface area contributed by atoms with Crippen LogP contribution in [-0.2, 0) is 16.6 Å². The van der Waals surface area contributed by atoms with E-state index in [0.29, 0.717) is 11.5 Å². The van der Waals surface area contributed by atoms with Crippen LogP contribution in [0.25, 0.3) is 27.8 Å². The number of fused-ring (bicyclic) bond motifs is 3. The van der Waals surface area contributed by atoms with Crippen molar-refractivity contribution in [2.45, 2.75) is 25.3 Å². The first-order valence-electron chi connectivity index (χ1n) is 10.2. The highest BCUT2D eigenvalue weighted by atomic mass is 32.2. The van der Waals surface area contributed by atoms with Gasteiger partial charge in [-0.3, -0.25) is 0 Å². The standard InChI is InChI=1S/C24H21N5O2S/c1-16-12-13-18(14-19(16)15-25-32(30,31)20-8-4-3-5-9-20)23-26-27-24-22-11-7-6-10-21(22)17(2)28-29(23)24/h3-14,25H,15H2,1-2H3. The van der Waals surface area contributed by atoms with Crippen molar-refractivity contribution in [1.82, 2.24) is 24.5 Å². The predicted octanol–water partition coefficient (Wildman–Crippen LogP) is 4.04. The molecule has 0 saturated carbocycles. The van der Waals surface area contributed by atoms with Crippen LogP contribution in [0.1, 0.15) is 16.8 Å². The lowest BCUT2D eigenvalue weighted by Gasteiger charge is -2.11. The van der Waals surface area contributed by atoms with E-state index in [-0.39, 0.29) is 11.4 Å². The molecule has 3 aromatic carbocycles. The van der Waals surface area contributed by atoms with E-state index in [4.69, 9.17) is 5.10 Å². The molecule has 2 aromatic heterocycles. The zero-order valence-electron chi connectivity index (χ0n) is 17.6. The molecule has 8 heteroatoms. The number of benzene rings is 3. The summed E-state index contributed by atoms with van der Waals surface area (Å²) >= 11 is 0. The molecule has 0 atom stereocenters. The molecule has 5 rings (SSSR count). The van der Waals surface area contributed by atoms with Crippen molar-refractivity contribution in [3.8, 4) is 11.4 Å². The minimum Gasteiger partial charge on any atom is -0.207 e. The maximum absolute atomic E-state index is 12.6. The van der Waals surface area contributed by atoms with Gasteiger partial charge < -0.3 is 0 Å². The maximum Gasteiger partial charge on any atom is 0.240 e. The van der Waals surface area contributed by atoms with E-state index in [9.17, 15) is 8.42 Å². The van der Waals surface area contributed by atoms with Crippen molar-refractivity contribution in [2.24, 2.45) is 0 Å². The highest BCUT2D eigenvalue weighted by molar-refractivity contribution is 7.89. The SMILES string of the molecule is Cc1ccc(-c2nnc3c4ccccc4c(C)nn23)cc1CNS(=O)(=O)c1ccccc1. The molecule has 0 spiro atoms. The second-order valence-corrected chi connectivity index (χ2v) is 9.44. The molecule has 0 radical (unpaired) electrons. The van der Waals surface area contributed by atoms with Gasteiger partial charge in [-0.05, 0) is 43.2 Å². The van der Waals surface area contributed by atoms with Crippen LogP contribution in [0, 0.1) is 13.8 Å². The molecule has 7 nitrogen and oxygen atoms in total. The normalized spacial score (nSPS) is 11.9. The average molecular weight is 444 g/mol. The number of aryl methyl sites for hydroxylation is 2. The molecule has 32 heavy (non-hydrogen) atoms. The van der Waals surface area contributed by atoms with Gasteiger partial charge in [0.25, 0.3) is 0 Å². The lowest BCUT2D eigenvalue weighted by atomic mass is 10.0. The second-order valence-electron chi connectivity index (χ2n) is 7.67. The summed E-state index contributed by atoms with van der Waals surface area (Å²) in [6, 6.07) is 22.2. The zero-order chi connectivity index (χ0) is 22.3. The molecule has 0 saturated heterocycles. The third-order valence-electron chi connectivity index (χ3n) is 5.56. The van der Waals surface area contributed by atoms with E-state index in [2.05, 4.69) is 14.9 Å². The van der Waals surface area contributed by atoms with Gasteiger partial charge in [0.2, 0.25) is 10.0 Å². The minimum absolute atomic E-state index is 0.170. The van der Waals surface area contributed by atoms with Crippen molar-refractivity contribution in [3.05, 3.63) is 89.6 Å². The monoisotopic (exact) mass is 443 g/mol. The molecule has 0 fully saturated rings. The predicted molar refractivity (Wildman–Crippen MR) is 124 cm³/mol. The topological polar surface area (TPSA) is 89.2 Å². The van der Waals surface area contributed by atoms with Gasteiger partial charge >= 0.3 is 0 Å². The van der Waals surface area contributed by atoms with Crippen LogP contribution in [0.4, 0.5) is 0 Å². The summed E-state index contributed by atoms with van der Waals surface area (Å²) in [4.78, 5) is 0.240. The van der Waals surface area contributed by atoms with Crippen molar-refractivity contribution in [1.29, 1.82) is 0 Å². The molecule has 0 aliphatic carbocycles. The van der Waals surface area contributed by atoms with Gasteiger partial charge in [0.15, 0.2) is 11.5 Å². The third-order valence-corrected chi connectivity index (χ3v) is 6.98. The van der Waals surface area contributed by atoms with Crippen LogP contribution in [0.5, 0.6) is 0 Å². The Morgan fingerprint density at radius 2 is 1.59 bits per heavy atom. The second kappa shape index (κ2) is 7.81. The van der Waals surface area contributed by atoms with Crippen molar-refractivity contribution < 1.29 is 8.42 Å². The quantitative estimate of drug-likeness (QED) is 0.443. The van der Waals surface area contributed by atoms with Gasteiger partial charge in [-0.1, -0.05) is 54.6 Å². The third kappa shape index (κ3) is 3.53. The minimum atomic E-state index is -3.60. The van der Waals surface area contributed by atoms with Crippen LogP contribution < -0.4 is 4.72 Å². The molecule has 0 unspecified atom stereocenters. The molecule has 160 valence electrons. The van der Waals surface area contributed by atoms with Crippen molar-refractivity contribution >= 4 is 26.4 Å². The van der Waals surface area contributed by atoms with Gasteiger partial charge in [0.1, 0.15) is 0 Å². The zero-order valence-corrected chi connectivity index (χ0v) is 18.5. The number of hydrogen-bond donors (Lipinski definition) is 1. The van der Waals surface area contributed by atoms with Gasteiger partial charge in [-0.15, -0.1) is 10.2 Å². The summed E-state index contributed by atoms with van der Waals surface area (Å²) < 4.78 is 29.7. The van der Waals surface area contributed by atoms with Crippen LogP contribution in [0.3, 0.4) is 0 Å². The lowest BCUT2D eigenvalue weighted by molar-refractivity contribution is 0.581. The van der Waals surface area contributed by atoms with E-state index in [1.807, 2.05) is 56.3 Å². The van der Waals surface area contributed by atoms with Crippen LogP contribution in [-0.4, -0.2) is 28.2 Å². The summed E-state index contributed by atoms with van der Waals surface area (Å²) in [6.45, 7) is 4.08. The molecule has 1 N–H and O–H groups in total. The molecule has 5 aromatic rings. The summed E-state index contributed by atoms with van der Waals surface area (Å²) in [5, 5.41) is 15.5. The number of rotatable bonds is 5. The lowest BCUT2D eigenvalue weighted by Crippen LogP contribution is -2.23. The van der Waals surface area contributed by atoms with Gasteiger partial charge in [0, 0.05) is 22.9 Å². The number of sulfonamides is 1. The number of nitrogens with zero attached hydrogens (tertiary/aromatic N) is 4. The Balaban J connectivity index is 1.52. The first-order valence-corrected chi connectivity index (χ1v) is 11.7. The Kier molecular flexibility index (Phi) is 4.96. The molecule has 0 aliphatic rings. The molecule has 2 heterocycles. The first kappa shape index (κ1) is 20.3. The highest BCUT2D eigenvalue weighted by Gasteiger charge is 2.17. The number of nitrogens with one attached hydrogen (secondary N) is 1. The summed E-state index contributed by atoms with van der Waals surface area (Å²) in [5.41, 5.74) is 4.23. The Hall–Kier alpha value is -3.62. The Morgan fingerprint density at radius 3 is 2.38 bits per heavy atom. The van der Waals surface area contributed by atoms with Crippen LogP contribution in [0.15, 0.2) is 77.7 Å². The van der Waals surface area contributed by atoms with Crippen LogP contribution >= 0.6 is 0 Å². The van der Waals surface area contributed by atoms with E-state index < -0.39 is 10.0 Å². The Morgan fingerprint density at radius 1 is 0.875 bits per heavy atom. The first-order chi connectivity index (χ1) is 15.4. The van der Waals surface area contributed by atoms with Crippen LogP contribution in [0.2, 0.25) is 0 Å². The molecule has 0 aliphatic heterocycles. The fourth-order valence-corrected chi connectivity index (χ4v) is 4.80. The van der Waals surface area contributed by atoms with Gasteiger partial charge in [0.05, 0.1) is 10.6 Å². The average Bonchev–Trinajstić information content (AvgIpc) is 3.23. The fraction of sp³-hybridized carbons (Fsp3) is 0.125. The smallest absolute Gasteiger partial charge is 0.207 e. The number of aromatic nitrogens is 4. The Bertz CT molecular complexity index is 1560. The highest BCUT2D eigenvalue weighted by Crippen LogP contribution is 2.26. The number of hydrogen-bond acceptors (Lipinski definition) is 5. The molecular weight excluding hydrogens is 422 g/mol. The van der Waals surface area contributed by atoms with E-state index in [1.165, 1.54) is 0 Å². The van der Waals surface area contributed by atoms with E-state index >= 15 is 0 Å². The van der Waals surface area contributed by atoms with Crippen molar-refractivity contribution in [2.75, 3.05) is 0 Å². The molecule has 0 bridgehead atoms. The fourth-order valence-electron chi connectivity index (χ4n) is 3.78. The molecule has 0 amide bonds. The van der Waals surface area contributed by atoms with E-state index in [0.717, 1.165) is 33.2 Å². The van der Waals surface area contributed by atoms with Gasteiger partial charge in [-0.25, -0.2) is 13.1 Å². The maximum atomic E-state index is 12.6. The summed E-state index contributed by atoms with van der Waals surface area (Å²) in [5.74, 6) is 0.612. The molecular formula is C24H21N5O2S. The Labute approximate surface area is 185 Å². The largest absolute Gasteiger partial charge is 0.240 e. The van der Waals surface area contributed by atoms with Gasteiger partial charge in [-0.2, -0.15) is 9.61 Å². The van der Waals surface area contributed by atoms with E-state index in [1.54, 1.807) is 34.8 Å². The van der Waals surface area contributed by atoms with Crippen molar-refractivity contribution in [3.63, 3.8) is 0 Å².